The molecule has 2 heterocycles. The van der Waals surface area contributed by atoms with Crippen LogP contribution in [0.5, 0.6) is 5.75 Å². The van der Waals surface area contributed by atoms with Gasteiger partial charge in [-0.3, -0.25) is 19.7 Å². The second-order valence-corrected chi connectivity index (χ2v) is 7.56. The number of benzene rings is 2. The Morgan fingerprint density at radius 1 is 1.09 bits per heavy atom. The van der Waals surface area contributed by atoms with E-state index in [1.807, 2.05) is 4.90 Å². The summed E-state index contributed by atoms with van der Waals surface area (Å²) in [5.41, 5.74) is 0.895. The van der Waals surface area contributed by atoms with Crippen molar-refractivity contribution in [3.63, 3.8) is 0 Å². The molecule has 1 amide bonds. The number of rotatable bonds is 6. The van der Waals surface area contributed by atoms with Gasteiger partial charge in [0.25, 0.3) is 11.6 Å². The van der Waals surface area contributed by atoms with Crippen molar-refractivity contribution in [1.82, 2.24) is 0 Å². The molecule has 0 bridgehead atoms. The highest BCUT2D eigenvalue weighted by Crippen LogP contribution is 2.32. The summed E-state index contributed by atoms with van der Waals surface area (Å²) in [6, 6.07) is 8.70. The second-order valence-electron chi connectivity index (χ2n) is 7.56. The number of amides is 1. The first-order valence-corrected chi connectivity index (χ1v) is 10.2. The van der Waals surface area contributed by atoms with E-state index in [-0.39, 0.29) is 29.3 Å². The Balaban J connectivity index is 1.44. The van der Waals surface area contributed by atoms with Gasteiger partial charge < -0.3 is 19.7 Å². The Morgan fingerprint density at radius 2 is 1.84 bits per heavy atom. The van der Waals surface area contributed by atoms with Gasteiger partial charge in [-0.2, -0.15) is 0 Å². The van der Waals surface area contributed by atoms with Gasteiger partial charge in [0.2, 0.25) is 0 Å². The number of anilines is 2. The maximum Gasteiger partial charge on any atom is 0.338 e. The van der Waals surface area contributed by atoms with E-state index in [1.165, 1.54) is 24.3 Å². The standard InChI is InChI=1S/C22H21N3O7/c26-19(14-5-7-20-16(10-14)23-21(27)13-31-20)12-32-22(28)15-4-6-17(18(11-15)25(29)30)24-8-2-1-3-9-24/h4-7,10-11H,1-3,8-9,12-13H2,(H,23,27). The molecule has 1 saturated heterocycles. The molecule has 0 aromatic heterocycles. The Morgan fingerprint density at radius 3 is 2.59 bits per heavy atom. The van der Waals surface area contributed by atoms with Crippen LogP contribution in [-0.4, -0.2) is 48.9 Å². The van der Waals surface area contributed by atoms with Crippen LogP contribution in [-0.2, 0) is 9.53 Å². The minimum atomic E-state index is -0.832. The molecule has 0 unspecified atom stereocenters. The van der Waals surface area contributed by atoms with Crippen molar-refractivity contribution in [1.29, 1.82) is 0 Å². The Hall–Kier alpha value is -3.95. The lowest BCUT2D eigenvalue weighted by molar-refractivity contribution is -0.384. The Bertz CT molecular complexity index is 1090. The number of nitro groups is 1. The summed E-state index contributed by atoms with van der Waals surface area (Å²) in [4.78, 5) is 49.3. The number of fused-ring (bicyclic) bond motifs is 1. The van der Waals surface area contributed by atoms with Crippen molar-refractivity contribution in [3.05, 3.63) is 57.6 Å². The molecular formula is C22H21N3O7. The van der Waals surface area contributed by atoms with Crippen LogP contribution in [0.4, 0.5) is 17.1 Å². The highest BCUT2D eigenvalue weighted by molar-refractivity contribution is 6.02. The predicted octanol–water partition coefficient (Wildman–Crippen LogP) is 2.96. The number of piperidine rings is 1. The fraction of sp³-hybridized carbons (Fsp3) is 0.318. The average molecular weight is 439 g/mol. The van der Waals surface area contributed by atoms with E-state index < -0.39 is 23.3 Å². The van der Waals surface area contributed by atoms with Gasteiger partial charge in [-0.15, -0.1) is 0 Å². The first kappa shape index (κ1) is 21.3. The van der Waals surface area contributed by atoms with Crippen molar-refractivity contribution < 1.29 is 28.8 Å². The van der Waals surface area contributed by atoms with Crippen molar-refractivity contribution in [2.45, 2.75) is 19.3 Å². The SMILES string of the molecule is O=C1COc2ccc(C(=O)COC(=O)c3ccc(N4CCCCC4)c([N+](=O)[O-])c3)cc2N1. The minimum Gasteiger partial charge on any atom is -0.482 e. The predicted molar refractivity (Wildman–Crippen MR) is 114 cm³/mol. The number of carbonyl (C=O) groups excluding carboxylic acids is 3. The molecule has 1 N–H and O–H groups in total. The maximum absolute atomic E-state index is 12.4. The molecule has 166 valence electrons. The van der Waals surface area contributed by atoms with Crippen LogP contribution in [0, 0.1) is 10.1 Å². The molecule has 0 aliphatic carbocycles. The van der Waals surface area contributed by atoms with E-state index in [2.05, 4.69) is 5.32 Å². The fourth-order valence-corrected chi connectivity index (χ4v) is 3.75. The molecule has 4 rings (SSSR count). The van der Waals surface area contributed by atoms with Gasteiger partial charge in [-0.1, -0.05) is 0 Å². The summed E-state index contributed by atoms with van der Waals surface area (Å²) >= 11 is 0. The third-order valence-corrected chi connectivity index (χ3v) is 5.37. The Kier molecular flexibility index (Phi) is 6.02. The van der Waals surface area contributed by atoms with Gasteiger partial charge in [0, 0.05) is 24.7 Å². The molecule has 0 spiro atoms. The van der Waals surface area contributed by atoms with Crippen LogP contribution < -0.4 is 15.0 Å². The molecule has 10 nitrogen and oxygen atoms in total. The molecule has 10 heteroatoms. The van der Waals surface area contributed by atoms with E-state index >= 15 is 0 Å². The number of ether oxygens (including phenoxy) is 2. The lowest BCUT2D eigenvalue weighted by atomic mass is 10.1. The molecule has 0 saturated carbocycles. The third-order valence-electron chi connectivity index (χ3n) is 5.37. The largest absolute Gasteiger partial charge is 0.482 e. The summed E-state index contributed by atoms with van der Waals surface area (Å²) < 4.78 is 10.3. The normalized spacial score (nSPS) is 15.2. The molecule has 2 aromatic carbocycles. The van der Waals surface area contributed by atoms with Crippen LogP contribution in [0.3, 0.4) is 0 Å². The van der Waals surface area contributed by atoms with E-state index in [0.29, 0.717) is 17.1 Å². The molecular weight excluding hydrogens is 418 g/mol. The summed E-state index contributed by atoms with van der Waals surface area (Å²) in [5, 5.41) is 14.2. The number of Topliss-reactive ketones (excluding diaryl/α,β-unsaturated/α-hetero) is 1. The molecule has 2 aromatic rings. The summed E-state index contributed by atoms with van der Waals surface area (Å²) in [7, 11) is 0. The number of nitrogens with zero attached hydrogens (tertiary/aromatic N) is 2. The quantitative estimate of drug-likeness (QED) is 0.315. The first-order chi connectivity index (χ1) is 15.4. The van der Waals surface area contributed by atoms with E-state index in [0.717, 1.165) is 32.4 Å². The monoisotopic (exact) mass is 439 g/mol. The molecule has 2 aliphatic rings. The van der Waals surface area contributed by atoms with Gasteiger partial charge in [0.15, 0.2) is 19.0 Å². The third kappa shape index (κ3) is 4.53. The Labute approximate surface area is 183 Å². The van der Waals surface area contributed by atoms with Crippen molar-refractivity contribution in [2.24, 2.45) is 0 Å². The molecule has 1 fully saturated rings. The van der Waals surface area contributed by atoms with Gasteiger partial charge in [0.1, 0.15) is 11.4 Å². The lowest BCUT2D eigenvalue weighted by Gasteiger charge is -2.28. The lowest BCUT2D eigenvalue weighted by Crippen LogP contribution is -2.30. The van der Waals surface area contributed by atoms with Crippen LogP contribution in [0.2, 0.25) is 0 Å². The maximum atomic E-state index is 12.4. The number of carbonyl (C=O) groups is 3. The topological polar surface area (TPSA) is 128 Å². The highest BCUT2D eigenvalue weighted by Gasteiger charge is 2.24. The molecule has 2 aliphatic heterocycles. The van der Waals surface area contributed by atoms with Crippen molar-refractivity contribution in [3.8, 4) is 5.75 Å². The zero-order valence-corrected chi connectivity index (χ0v) is 17.2. The van der Waals surface area contributed by atoms with Crippen molar-refractivity contribution in [2.75, 3.05) is 36.5 Å². The van der Waals surface area contributed by atoms with Crippen LogP contribution in [0.25, 0.3) is 0 Å². The number of hydrogen-bond donors (Lipinski definition) is 1. The summed E-state index contributed by atoms with van der Waals surface area (Å²) in [6.07, 6.45) is 3.01. The summed E-state index contributed by atoms with van der Waals surface area (Å²) in [5.74, 6) is -1.20. The first-order valence-electron chi connectivity index (χ1n) is 10.2. The second kappa shape index (κ2) is 9.04. The van der Waals surface area contributed by atoms with Gasteiger partial charge in [-0.05, 0) is 49.6 Å². The zero-order valence-electron chi connectivity index (χ0n) is 17.2. The van der Waals surface area contributed by atoms with Crippen LogP contribution in [0.15, 0.2) is 36.4 Å². The highest BCUT2D eigenvalue weighted by atomic mass is 16.6. The van der Waals surface area contributed by atoms with Crippen LogP contribution >= 0.6 is 0 Å². The van der Waals surface area contributed by atoms with Crippen molar-refractivity contribution >= 4 is 34.7 Å². The van der Waals surface area contributed by atoms with Gasteiger partial charge in [-0.25, -0.2) is 4.79 Å². The molecule has 0 radical (unpaired) electrons. The smallest absolute Gasteiger partial charge is 0.338 e. The number of hydrogen-bond acceptors (Lipinski definition) is 8. The minimum absolute atomic E-state index is 0.00337. The van der Waals surface area contributed by atoms with Gasteiger partial charge in [0.05, 0.1) is 16.2 Å². The van der Waals surface area contributed by atoms with Crippen LogP contribution in [0.1, 0.15) is 40.0 Å². The number of nitro benzene ring substituents is 1. The number of ketones is 1. The zero-order chi connectivity index (χ0) is 22.7. The number of nitrogens with one attached hydrogen (secondary N) is 1. The summed E-state index contributed by atoms with van der Waals surface area (Å²) in [6.45, 7) is 0.811. The molecule has 32 heavy (non-hydrogen) atoms. The number of esters is 1. The average Bonchev–Trinajstić information content (AvgIpc) is 2.81. The van der Waals surface area contributed by atoms with E-state index in [1.54, 1.807) is 12.1 Å². The van der Waals surface area contributed by atoms with E-state index in [4.69, 9.17) is 9.47 Å². The fourth-order valence-electron chi connectivity index (χ4n) is 3.75. The van der Waals surface area contributed by atoms with E-state index in [9.17, 15) is 24.5 Å². The van der Waals surface area contributed by atoms with Gasteiger partial charge >= 0.3 is 5.97 Å². The molecule has 0 atom stereocenters.